The second kappa shape index (κ2) is 4.86. The Labute approximate surface area is 96.6 Å². The van der Waals surface area contributed by atoms with E-state index >= 15 is 0 Å². The second-order valence-corrected chi connectivity index (χ2v) is 3.45. The quantitative estimate of drug-likeness (QED) is 0.732. The van der Waals surface area contributed by atoms with Crippen LogP contribution >= 0.6 is 0 Å². The fraction of sp³-hybridized carbons (Fsp3) is 0.500. The summed E-state index contributed by atoms with van der Waals surface area (Å²) in [5.74, 6) is -1.80. The number of carboxylic acid groups (broad SMARTS) is 1. The molecule has 1 rings (SSSR count). The number of aliphatic carboxylic acids is 1. The Balaban J connectivity index is 3.66. The highest BCUT2D eigenvalue weighted by atomic mass is 16.4. The predicted molar refractivity (Wildman–Crippen MR) is 59.3 cm³/mol. The van der Waals surface area contributed by atoms with Crippen LogP contribution in [0.3, 0.4) is 0 Å². The van der Waals surface area contributed by atoms with Crippen molar-refractivity contribution in [2.24, 2.45) is 0 Å². The average Bonchev–Trinajstić information content (AvgIpc) is 2.25. The maximum absolute atomic E-state index is 11.8. The first kappa shape index (κ1) is 13.0. The van der Waals surface area contributed by atoms with Gasteiger partial charge in [-0.15, -0.1) is 0 Å². The molecule has 0 fully saturated rings. The van der Waals surface area contributed by atoms with Crippen LogP contribution in [0.15, 0.2) is 9.59 Å². The van der Waals surface area contributed by atoms with Crippen LogP contribution < -0.4 is 11.2 Å². The molecule has 0 saturated carbocycles. The van der Waals surface area contributed by atoms with Gasteiger partial charge in [-0.25, -0.2) is 4.79 Å². The topological polar surface area (TPSA) is 102 Å². The van der Waals surface area contributed by atoms with Gasteiger partial charge in [-0.2, -0.15) is 0 Å². The van der Waals surface area contributed by atoms with Gasteiger partial charge in [-0.05, 0) is 13.8 Å². The molecule has 0 bridgehead atoms. The van der Waals surface area contributed by atoms with E-state index in [1.54, 1.807) is 13.8 Å². The van der Waals surface area contributed by atoms with Crippen LogP contribution in [-0.4, -0.2) is 25.3 Å². The van der Waals surface area contributed by atoms with E-state index in [-0.39, 0.29) is 18.7 Å². The summed E-state index contributed by atoms with van der Waals surface area (Å²) in [6, 6.07) is 0. The third kappa shape index (κ3) is 2.22. The molecule has 7 nitrogen and oxygen atoms in total. The third-order valence-electron chi connectivity index (χ3n) is 2.45. The standard InChI is InChI=1S/C10H14N2O5/c1-3-11-8(15)6(5-7(13)14)9(16)12(4-2)10(11)17/h15H,3-5H2,1-2H3,(H,13,14). The lowest BCUT2D eigenvalue weighted by Crippen LogP contribution is -2.41. The minimum Gasteiger partial charge on any atom is -0.494 e. The van der Waals surface area contributed by atoms with Crippen LogP contribution in [0, 0.1) is 0 Å². The summed E-state index contributed by atoms with van der Waals surface area (Å²) >= 11 is 0. The van der Waals surface area contributed by atoms with Gasteiger partial charge in [0.25, 0.3) is 5.56 Å². The fourth-order valence-electron chi connectivity index (χ4n) is 1.61. The fourth-order valence-corrected chi connectivity index (χ4v) is 1.61. The van der Waals surface area contributed by atoms with E-state index in [2.05, 4.69) is 0 Å². The van der Waals surface area contributed by atoms with Crippen molar-refractivity contribution >= 4 is 5.97 Å². The molecule has 0 aliphatic carbocycles. The predicted octanol–water partition coefficient (Wildman–Crippen LogP) is -0.617. The van der Waals surface area contributed by atoms with E-state index < -0.39 is 29.5 Å². The minimum atomic E-state index is -1.23. The molecule has 1 heterocycles. The smallest absolute Gasteiger partial charge is 0.333 e. The normalized spacial score (nSPS) is 10.5. The number of aromatic nitrogens is 2. The van der Waals surface area contributed by atoms with Gasteiger partial charge in [0.05, 0.1) is 12.0 Å². The Kier molecular flexibility index (Phi) is 3.72. The van der Waals surface area contributed by atoms with Gasteiger partial charge in [-0.1, -0.05) is 0 Å². The number of carboxylic acids is 1. The van der Waals surface area contributed by atoms with Crippen molar-refractivity contribution in [2.75, 3.05) is 0 Å². The Morgan fingerprint density at radius 3 is 2.12 bits per heavy atom. The zero-order valence-corrected chi connectivity index (χ0v) is 9.63. The van der Waals surface area contributed by atoms with E-state index in [0.717, 1.165) is 9.13 Å². The molecule has 0 amide bonds. The largest absolute Gasteiger partial charge is 0.494 e. The van der Waals surface area contributed by atoms with Crippen LogP contribution in [0.1, 0.15) is 19.4 Å². The Bertz CT molecular complexity index is 555. The molecule has 7 heteroatoms. The van der Waals surface area contributed by atoms with Crippen molar-refractivity contribution < 1.29 is 15.0 Å². The molecule has 17 heavy (non-hydrogen) atoms. The first-order chi connectivity index (χ1) is 7.93. The summed E-state index contributed by atoms with van der Waals surface area (Å²) in [7, 11) is 0. The number of carbonyl (C=O) groups is 1. The van der Waals surface area contributed by atoms with E-state index in [1.807, 2.05) is 0 Å². The molecule has 0 aliphatic heterocycles. The first-order valence-corrected chi connectivity index (χ1v) is 5.21. The number of rotatable bonds is 4. The van der Waals surface area contributed by atoms with Crippen LogP contribution in [0.25, 0.3) is 0 Å². The molecule has 1 aromatic heterocycles. The van der Waals surface area contributed by atoms with E-state index in [4.69, 9.17) is 5.11 Å². The van der Waals surface area contributed by atoms with Crippen molar-refractivity contribution in [1.82, 2.24) is 9.13 Å². The molecule has 0 atom stereocenters. The van der Waals surface area contributed by atoms with E-state index in [9.17, 15) is 19.5 Å². The van der Waals surface area contributed by atoms with Crippen molar-refractivity contribution in [3.8, 4) is 5.88 Å². The van der Waals surface area contributed by atoms with Gasteiger partial charge in [0, 0.05) is 13.1 Å². The monoisotopic (exact) mass is 242 g/mol. The van der Waals surface area contributed by atoms with Crippen LogP contribution in [0.4, 0.5) is 0 Å². The highest BCUT2D eigenvalue weighted by Crippen LogP contribution is 2.10. The summed E-state index contributed by atoms with van der Waals surface area (Å²) < 4.78 is 1.88. The van der Waals surface area contributed by atoms with Crippen molar-refractivity contribution in [2.45, 2.75) is 33.4 Å². The zero-order valence-electron chi connectivity index (χ0n) is 9.63. The molecule has 0 unspecified atom stereocenters. The number of hydrogen-bond donors (Lipinski definition) is 2. The summed E-state index contributed by atoms with van der Waals surface area (Å²) in [6.45, 7) is 3.52. The zero-order chi connectivity index (χ0) is 13.2. The molecule has 0 spiro atoms. The number of hydrogen-bond acceptors (Lipinski definition) is 4. The third-order valence-corrected chi connectivity index (χ3v) is 2.45. The lowest BCUT2D eigenvalue weighted by atomic mass is 10.2. The average molecular weight is 242 g/mol. The summed E-state index contributed by atoms with van der Waals surface area (Å²) in [5.41, 5.74) is -1.64. The molecule has 0 saturated heterocycles. The minimum absolute atomic E-state index is 0.130. The van der Waals surface area contributed by atoms with Gasteiger partial charge < -0.3 is 10.2 Å². The molecule has 0 aliphatic rings. The van der Waals surface area contributed by atoms with Crippen LogP contribution in [-0.2, 0) is 24.3 Å². The molecule has 0 aromatic carbocycles. The van der Waals surface area contributed by atoms with Crippen molar-refractivity contribution in [3.63, 3.8) is 0 Å². The van der Waals surface area contributed by atoms with Crippen LogP contribution in [0.5, 0.6) is 5.88 Å². The Hall–Kier alpha value is -2.05. The summed E-state index contributed by atoms with van der Waals surface area (Å²) in [4.78, 5) is 34.1. The lowest BCUT2D eigenvalue weighted by molar-refractivity contribution is -0.136. The molecular weight excluding hydrogens is 228 g/mol. The highest BCUT2D eigenvalue weighted by molar-refractivity contribution is 5.70. The van der Waals surface area contributed by atoms with Gasteiger partial charge in [0.2, 0.25) is 5.88 Å². The number of nitrogens with zero attached hydrogens (tertiary/aromatic N) is 2. The van der Waals surface area contributed by atoms with Gasteiger partial charge in [0.1, 0.15) is 0 Å². The maximum Gasteiger partial charge on any atom is 0.333 e. The second-order valence-electron chi connectivity index (χ2n) is 3.45. The summed E-state index contributed by atoms with van der Waals surface area (Å²) in [5, 5.41) is 18.4. The first-order valence-electron chi connectivity index (χ1n) is 5.21. The van der Waals surface area contributed by atoms with E-state index in [0.29, 0.717) is 0 Å². The maximum atomic E-state index is 11.8. The van der Waals surface area contributed by atoms with Crippen molar-refractivity contribution in [1.29, 1.82) is 0 Å². The summed E-state index contributed by atoms with van der Waals surface area (Å²) in [6.07, 6.45) is -0.606. The molecule has 2 N–H and O–H groups in total. The van der Waals surface area contributed by atoms with Gasteiger partial charge in [-0.3, -0.25) is 18.7 Å². The molecule has 1 aromatic rings. The molecule has 94 valence electrons. The molecular formula is C10H14N2O5. The number of aromatic hydroxyl groups is 1. The lowest BCUT2D eigenvalue weighted by Gasteiger charge is -2.12. The highest BCUT2D eigenvalue weighted by Gasteiger charge is 2.19. The Morgan fingerprint density at radius 2 is 1.71 bits per heavy atom. The van der Waals surface area contributed by atoms with Gasteiger partial charge in [0.15, 0.2) is 0 Å². The van der Waals surface area contributed by atoms with Gasteiger partial charge >= 0.3 is 11.7 Å². The van der Waals surface area contributed by atoms with E-state index in [1.165, 1.54) is 0 Å². The SMILES string of the molecule is CCn1c(O)c(CC(=O)O)c(=O)n(CC)c1=O. The Morgan fingerprint density at radius 1 is 1.18 bits per heavy atom. The molecule has 0 radical (unpaired) electrons. The van der Waals surface area contributed by atoms with Crippen molar-refractivity contribution in [3.05, 3.63) is 26.4 Å². The van der Waals surface area contributed by atoms with Crippen LogP contribution in [0.2, 0.25) is 0 Å².